The van der Waals surface area contributed by atoms with Crippen molar-refractivity contribution in [1.29, 1.82) is 0 Å². The Morgan fingerprint density at radius 2 is 1.81 bits per heavy atom. The maximum Gasteiger partial charge on any atom is 0.242 e. The second-order valence-electron chi connectivity index (χ2n) is 5.99. The minimum absolute atomic E-state index is 0. The van der Waals surface area contributed by atoms with Gasteiger partial charge in [-0.25, -0.2) is 4.99 Å². The van der Waals surface area contributed by atoms with Gasteiger partial charge in [-0.05, 0) is 31.5 Å². The van der Waals surface area contributed by atoms with Gasteiger partial charge in [-0.2, -0.15) is 0 Å². The van der Waals surface area contributed by atoms with E-state index in [1.54, 1.807) is 0 Å². The first-order valence-electron chi connectivity index (χ1n) is 8.85. The number of benzene rings is 1. The molecule has 2 rings (SSSR count). The van der Waals surface area contributed by atoms with E-state index < -0.39 is 0 Å². The summed E-state index contributed by atoms with van der Waals surface area (Å²) < 4.78 is 0. The standard InChI is InChI=1S/C18H26ClN5O2.HI/c1-3-20-16(25)11-22-18(21-4-2)24-10-9-23(17(26)13-24)12-14-5-7-15(19)8-6-14;/h5-8H,3-4,9-13H2,1-2H3,(H,20,25)(H,21,22);1H. The highest BCUT2D eigenvalue weighted by atomic mass is 127. The van der Waals surface area contributed by atoms with Gasteiger partial charge in [0.25, 0.3) is 0 Å². The number of halogens is 2. The number of amides is 2. The van der Waals surface area contributed by atoms with E-state index in [-0.39, 0.29) is 48.9 Å². The largest absolute Gasteiger partial charge is 0.356 e. The Bertz CT molecular complexity index is 654. The molecule has 0 bridgehead atoms. The van der Waals surface area contributed by atoms with Gasteiger partial charge in [-0.15, -0.1) is 24.0 Å². The van der Waals surface area contributed by atoms with E-state index in [1.165, 1.54) is 0 Å². The summed E-state index contributed by atoms with van der Waals surface area (Å²) in [5, 5.41) is 6.55. The van der Waals surface area contributed by atoms with Crippen LogP contribution in [-0.4, -0.2) is 66.8 Å². The molecule has 150 valence electrons. The zero-order valence-corrected chi connectivity index (χ0v) is 18.8. The van der Waals surface area contributed by atoms with E-state index in [2.05, 4.69) is 15.6 Å². The summed E-state index contributed by atoms with van der Waals surface area (Å²) in [6.07, 6.45) is 0. The predicted octanol–water partition coefficient (Wildman–Crippen LogP) is 1.70. The van der Waals surface area contributed by atoms with Crippen LogP contribution >= 0.6 is 35.6 Å². The van der Waals surface area contributed by atoms with Crippen LogP contribution in [0.15, 0.2) is 29.3 Å². The summed E-state index contributed by atoms with van der Waals surface area (Å²) in [7, 11) is 0. The molecule has 0 saturated carbocycles. The van der Waals surface area contributed by atoms with Gasteiger partial charge in [0.15, 0.2) is 5.96 Å². The Labute approximate surface area is 182 Å². The number of carbonyl (C=O) groups is 2. The van der Waals surface area contributed by atoms with Crippen molar-refractivity contribution in [3.63, 3.8) is 0 Å². The third kappa shape index (κ3) is 7.53. The number of hydrogen-bond donors (Lipinski definition) is 2. The van der Waals surface area contributed by atoms with Crippen LogP contribution in [0.25, 0.3) is 0 Å². The number of nitrogens with zero attached hydrogens (tertiary/aromatic N) is 3. The maximum absolute atomic E-state index is 12.5. The summed E-state index contributed by atoms with van der Waals surface area (Å²) in [6, 6.07) is 7.52. The van der Waals surface area contributed by atoms with E-state index in [0.717, 1.165) is 5.56 Å². The molecule has 7 nitrogen and oxygen atoms in total. The average molecular weight is 508 g/mol. The van der Waals surface area contributed by atoms with Gasteiger partial charge >= 0.3 is 0 Å². The highest BCUT2D eigenvalue weighted by Gasteiger charge is 2.26. The first kappa shape index (κ1) is 23.5. The second-order valence-corrected chi connectivity index (χ2v) is 6.42. The summed E-state index contributed by atoms with van der Waals surface area (Å²) in [4.78, 5) is 32.2. The molecule has 1 aliphatic heterocycles. The molecule has 9 heteroatoms. The fraction of sp³-hybridized carbons (Fsp3) is 0.500. The molecule has 27 heavy (non-hydrogen) atoms. The molecule has 1 aromatic carbocycles. The van der Waals surface area contributed by atoms with Gasteiger partial charge in [0, 0.05) is 37.7 Å². The minimum Gasteiger partial charge on any atom is -0.356 e. The molecule has 1 saturated heterocycles. The number of carbonyl (C=O) groups excluding carboxylic acids is 2. The number of guanidine groups is 1. The van der Waals surface area contributed by atoms with Crippen LogP contribution in [0, 0.1) is 0 Å². The molecular formula is C18H27ClIN5O2. The van der Waals surface area contributed by atoms with Crippen molar-refractivity contribution in [3.8, 4) is 0 Å². The van der Waals surface area contributed by atoms with E-state index in [9.17, 15) is 9.59 Å². The van der Waals surface area contributed by atoms with Gasteiger partial charge in [0.1, 0.15) is 6.54 Å². The monoisotopic (exact) mass is 507 g/mol. The van der Waals surface area contributed by atoms with Crippen molar-refractivity contribution >= 4 is 53.4 Å². The second kappa shape index (κ2) is 12.0. The molecule has 1 aromatic rings. The summed E-state index contributed by atoms with van der Waals surface area (Å²) in [6.45, 7) is 7.21. The van der Waals surface area contributed by atoms with Crippen LogP contribution < -0.4 is 10.6 Å². The van der Waals surface area contributed by atoms with Gasteiger partial charge in [-0.3, -0.25) is 9.59 Å². The highest BCUT2D eigenvalue weighted by Crippen LogP contribution is 2.13. The zero-order chi connectivity index (χ0) is 18.9. The average Bonchev–Trinajstić information content (AvgIpc) is 2.62. The van der Waals surface area contributed by atoms with E-state index >= 15 is 0 Å². The number of nitrogens with one attached hydrogen (secondary N) is 2. The minimum atomic E-state index is -0.129. The zero-order valence-electron chi connectivity index (χ0n) is 15.7. The molecule has 2 N–H and O–H groups in total. The van der Waals surface area contributed by atoms with Crippen molar-refractivity contribution in [2.45, 2.75) is 20.4 Å². The maximum atomic E-state index is 12.5. The Balaban J connectivity index is 0.00000364. The van der Waals surface area contributed by atoms with Crippen molar-refractivity contribution in [3.05, 3.63) is 34.9 Å². The van der Waals surface area contributed by atoms with Crippen LogP contribution in [0.3, 0.4) is 0 Å². The van der Waals surface area contributed by atoms with E-state index in [0.29, 0.717) is 43.7 Å². The molecule has 0 radical (unpaired) electrons. The molecular weight excluding hydrogens is 481 g/mol. The molecule has 0 spiro atoms. The molecule has 0 aliphatic carbocycles. The number of rotatable bonds is 6. The first-order valence-corrected chi connectivity index (χ1v) is 9.23. The van der Waals surface area contributed by atoms with Gasteiger partial charge in [0.05, 0.1) is 6.54 Å². The number of piperazine rings is 1. The van der Waals surface area contributed by atoms with Crippen molar-refractivity contribution in [2.75, 3.05) is 39.3 Å². The number of aliphatic imine (C=N–C) groups is 1. The Kier molecular flexibility index (Phi) is 10.5. The van der Waals surface area contributed by atoms with Crippen LogP contribution in [0.4, 0.5) is 0 Å². The fourth-order valence-electron chi connectivity index (χ4n) is 2.69. The fourth-order valence-corrected chi connectivity index (χ4v) is 2.82. The summed E-state index contributed by atoms with van der Waals surface area (Å²) in [5.74, 6) is 0.503. The SMILES string of the molecule is CCNC(=O)CN=C(NCC)N1CCN(Cc2ccc(Cl)cc2)C(=O)C1.I. The Morgan fingerprint density at radius 3 is 2.41 bits per heavy atom. The quantitative estimate of drug-likeness (QED) is 0.349. The molecule has 2 amide bonds. The van der Waals surface area contributed by atoms with Crippen molar-refractivity contribution < 1.29 is 9.59 Å². The lowest BCUT2D eigenvalue weighted by atomic mass is 10.2. The van der Waals surface area contributed by atoms with Crippen LogP contribution in [0.1, 0.15) is 19.4 Å². The lowest BCUT2D eigenvalue weighted by Crippen LogP contribution is -2.55. The van der Waals surface area contributed by atoms with Crippen LogP contribution in [0.5, 0.6) is 0 Å². The van der Waals surface area contributed by atoms with E-state index in [4.69, 9.17) is 11.6 Å². The van der Waals surface area contributed by atoms with E-state index in [1.807, 2.05) is 47.9 Å². The number of hydrogen-bond acceptors (Lipinski definition) is 3. The molecule has 0 unspecified atom stereocenters. The highest BCUT2D eigenvalue weighted by molar-refractivity contribution is 14.0. The summed E-state index contributed by atoms with van der Waals surface area (Å²) in [5.41, 5.74) is 1.05. The Hall–Kier alpha value is -1.55. The molecule has 0 atom stereocenters. The molecule has 1 fully saturated rings. The van der Waals surface area contributed by atoms with Gasteiger partial charge in [-0.1, -0.05) is 23.7 Å². The van der Waals surface area contributed by atoms with Gasteiger partial charge < -0.3 is 20.4 Å². The smallest absolute Gasteiger partial charge is 0.242 e. The third-order valence-corrected chi connectivity index (χ3v) is 4.24. The van der Waals surface area contributed by atoms with Crippen LogP contribution in [0.2, 0.25) is 5.02 Å². The van der Waals surface area contributed by atoms with Crippen molar-refractivity contribution in [1.82, 2.24) is 20.4 Å². The van der Waals surface area contributed by atoms with Crippen molar-refractivity contribution in [2.24, 2.45) is 4.99 Å². The first-order chi connectivity index (χ1) is 12.5. The predicted molar refractivity (Wildman–Crippen MR) is 119 cm³/mol. The van der Waals surface area contributed by atoms with Crippen LogP contribution in [-0.2, 0) is 16.1 Å². The molecule has 0 aromatic heterocycles. The Morgan fingerprint density at radius 1 is 1.15 bits per heavy atom. The number of likely N-dealkylation sites (N-methyl/N-ethyl adjacent to an activating group) is 1. The molecule has 1 heterocycles. The normalized spacial score (nSPS) is 14.6. The molecule has 1 aliphatic rings. The summed E-state index contributed by atoms with van der Waals surface area (Å²) >= 11 is 5.90. The lowest BCUT2D eigenvalue weighted by molar-refractivity contribution is -0.135. The topological polar surface area (TPSA) is 77.0 Å². The lowest BCUT2D eigenvalue weighted by Gasteiger charge is -2.36. The third-order valence-electron chi connectivity index (χ3n) is 3.99. The van der Waals surface area contributed by atoms with Gasteiger partial charge in [0.2, 0.25) is 11.8 Å².